The maximum Gasteiger partial charge on any atom is 0.185 e. The van der Waals surface area contributed by atoms with Gasteiger partial charge in [-0.3, -0.25) is 0 Å². The lowest BCUT2D eigenvalue weighted by atomic mass is 10.4. The van der Waals surface area contributed by atoms with Gasteiger partial charge in [0.1, 0.15) is 8.07 Å². The molecule has 3 heteroatoms. The summed E-state index contributed by atoms with van der Waals surface area (Å²) in [5, 5.41) is 0.853. The van der Waals surface area contributed by atoms with Crippen LogP contribution in [0.15, 0.2) is 43.0 Å². The number of rotatable bonds is 6. The Morgan fingerprint density at radius 3 is 1.91 bits per heavy atom. The Morgan fingerprint density at radius 2 is 1.52 bits per heavy atom. The fraction of sp³-hybridized carbons (Fsp3) is 0.500. The predicted molar refractivity (Wildman–Crippen MR) is 108 cm³/mol. The van der Waals surface area contributed by atoms with E-state index in [2.05, 4.69) is 59.3 Å². The summed E-state index contributed by atoms with van der Waals surface area (Å²) < 4.78 is 13.5. The Morgan fingerprint density at radius 1 is 1.04 bits per heavy atom. The van der Waals surface area contributed by atoms with Crippen LogP contribution in [-0.2, 0) is 4.57 Å². The maximum absolute atomic E-state index is 13.5. The average Bonchev–Trinajstić information content (AvgIpc) is 2.48. The summed E-state index contributed by atoms with van der Waals surface area (Å²) in [4.78, 5) is 0. The third kappa shape index (κ3) is 4.28. The van der Waals surface area contributed by atoms with Crippen molar-refractivity contribution in [1.29, 1.82) is 0 Å². The number of hydrogen-bond donors (Lipinski definition) is 0. The smallest absolute Gasteiger partial charge is 0.185 e. The van der Waals surface area contributed by atoms with Gasteiger partial charge in [-0.2, -0.15) is 0 Å². The first-order valence-corrected chi connectivity index (χ1v) is 12.6. The van der Waals surface area contributed by atoms with Gasteiger partial charge in [0, 0.05) is 11.5 Å². The van der Waals surface area contributed by atoms with Crippen LogP contribution in [0.3, 0.4) is 0 Å². The lowest BCUT2D eigenvalue weighted by molar-refractivity contribution is 0.589. The molecule has 0 radical (unpaired) electrons. The summed E-state index contributed by atoms with van der Waals surface area (Å²) in [7, 11) is -4.60. The van der Waals surface area contributed by atoms with Gasteiger partial charge in [0.25, 0.3) is 0 Å². The Labute approximate surface area is 144 Å². The minimum absolute atomic E-state index is 0.447. The van der Waals surface area contributed by atoms with Crippen molar-refractivity contribution in [3.8, 4) is 11.2 Å². The van der Waals surface area contributed by atoms with Crippen molar-refractivity contribution in [3.63, 3.8) is 0 Å². The lowest BCUT2D eigenvalue weighted by Crippen LogP contribution is -2.43. The molecule has 0 amide bonds. The van der Waals surface area contributed by atoms with Crippen LogP contribution >= 0.6 is 7.14 Å². The normalized spacial score (nSPS) is 14.5. The van der Waals surface area contributed by atoms with E-state index < -0.39 is 15.2 Å². The van der Waals surface area contributed by atoms with Gasteiger partial charge < -0.3 is 4.57 Å². The van der Waals surface area contributed by atoms with E-state index in [-0.39, 0.29) is 0 Å². The second-order valence-corrected chi connectivity index (χ2v) is 15.3. The van der Waals surface area contributed by atoms with Crippen LogP contribution in [0.5, 0.6) is 0 Å². The van der Waals surface area contributed by atoms with Gasteiger partial charge in [0.05, 0.1) is 0 Å². The van der Waals surface area contributed by atoms with E-state index in [0.717, 1.165) is 5.30 Å². The first kappa shape index (κ1) is 20.0. The molecular weight excluding hydrogens is 315 g/mol. The van der Waals surface area contributed by atoms with Gasteiger partial charge >= 0.3 is 0 Å². The molecule has 0 heterocycles. The van der Waals surface area contributed by atoms with Crippen LogP contribution in [0.25, 0.3) is 0 Å². The SMILES string of the molecule is C=CCP(=O)(C#C[Si](C(C)C)(C(C)C)C(C)C)c1ccccc1. The van der Waals surface area contributed by atoms with Gasteiger partial charge in [-0.15, -0.1) is 12.1 Å². The van der Waals surface area contributed by atoms with Gasteiger partial charge in [-0.05, 0) is 22.3 Å². The molecule has 1 nitrogen and oxygen atoms in total. The second kappa shape index (κ2) is 8.18. The summed E-state index contributed by atoms with van der Waals surface area (Å²) in [6.07, 6.45) is 2.19. The number of benzene rings is 1. The average molecular weight is 347 g/mol. The predicted octanol–water partition coefficient (Wildman–Crippen LogP) is 6.04. The summed E-state index contributed by atoms with van der Waals surface area (Å²) in [6.45, 7) is 17.5. The Hall–Kier alpha value is -1.03. The van der Waals surface area contributed by atoms with Crippen LogP contribution in [0.1, 0.15) is 41.5 Å². The van der Waals surface area contributed by atoms with E-state index in [0.29, 0.717) is 22.8 Å². The van der Waals surface area contributed by atoms with Crippen molar-refractivity contribution in [2.45, 2.75) is 58.2 Å². The maximum atomic E-state index is 13.5. The monoisotopic (exact) mass is 346 g/mol. The number of allylic oxidation sites excluding steroid dienone is 1. The van der Waals surface area contributed by atoms with E-state index in [4.69, 9.17) is 0 Å². The molecule has 0 spiro atoms. The van der Waals surface area contributed by atoms with Crippen molar-refractivity contribution in [1.82, 2.24) is 0 Å². The van der Waals surface area contributed by atoms with Gasteiger partial charge in [0.2, 0.25) is 0 Å². The van der Waals surface area contributed by atoms with E-state index >= 15 is 0 Å². The second-order valence-electron chi connectivity index (χ2n) is 7.18. The lowest BCUT2D eigenvalue weighted by Gasteiger charge is -2.38. The highest BCUT2D eigenvalue weighted by Crippen LogP contribution is 2.46. The highest BCUT2D eigenvalue weighted by atomic mass is 31.2. The van der Waals surface area contributed by atoms with Crippen molar-refractivity contribution < 1.29 is 4.57 Å². The minimum Gasteiger partial charge on any atom is -0.305 e. The minimum atomic E-state index is -2.73. The molecule has 0 aliphatic heterocycles. The fourth-order valence-electron chi connectivity index (χ4n) is 3.69. The molecule has 126 valence electrons. The van der Waals surface area contributed by atoms with E-state index in [9.17, 15) is 4.57 Å². The summed E-state index contributed by atoms with van der Waals surface area (Å²) >= 11 is 0. The van der Waals surface area contributed by atoms with E-state index in [1.54, 1.807) is 6.08 Å². The third-order valence-corrected chi connectivity index (χ3v) is 13.8. The summed E-state index contributed by atoms with van der Waals surface area (Å²) in [5.41, 5.74) is 8.56. The van der Waals surface area contributed by atoms with Crippen LogP contribution in [0.4, 0.5) is 0 Å². The Bertz CT molecular complexity index is 598. The molecule has 1 aromatic rings. The van der Waals surface area contributed by atoms with Crippen LogP contribution in [0.2, 0.25) is 16.6 Å². The molecule has 1 aromatic carbocycles. The largest absolute Gasteiger partial charge is 0.305 e. The highest BCUT2D eigenvalue weighted by molar-refractivity contribution is 7.76. The van der Waals surface area contributed by atoms with Crippen LogP contribution in [-0.4, -0.2) is 14.2 Å². The molecule has 0 saturated carbocycles. The van der Waals surface area contributed by atoms with E-state index in [1.165, 1.54) is 0 Å². The summed E-state index contributed by atoms with van der Waals surface area (Å²) in [5.74, 6) is 0. The van der Waals surface area contributed by atoms with Gasteiger partial charge in [0.15, 0.2) is 7.14 Å². The van der Waals surface area contributed by atoms with Crippen molar-refractivity contribution >= 4 is 20.5 Å². The molecule has 0 fully saturated rings. The molecule has 1 rings (SSSR count). The molecule has 0 aliphatic carbocycles. The molecule has 0 bridgehead atoms. The third-order valence-electron chi connectivity index (χ3n) is 4.88. The Kier molecular flexibility index (Phi) is 7.12. The fourth-order valence-corrected chi connectivity index (χ4v) is 11.5. The van der Waals surface area contributed by atoms with Crippen molar-refractivity contribution in [3.05, 3.63) is 43.0 Å². The van der Waals surface area contributed by atoms with E-state index in [1.807, 2.05) is 30.3 Å². The molecule has 0 saturated heterocycles. The molecule has 23 heavy (non-hydrogen) atoms. The van der Waals surface area contributed by atoms with Gasteiger partial charge in [-0.1, -0.05) is 78.0 Å². The molecule has 0 aliphatic rings. The zero-order chi connectivity index (χ0) is 17.7. The van der Waals surface area contributed by atoms with Crippen molar-refractivity contribution in [2.24, 2.45) is 0 Å². The highest BCUT2D eigenvalue weighted by Gasteiger charge is 2.42. The molecule has 1 atom stereocenters. The standard InChI is InChI=1S/C20H31OPSi/c1-8-14-22(21,20-12-10-9-11-13-20)15-16-23(17(2)3,18(4)5)19(6)7/h8-13,17-19H,1,14H2,2-7H3. The van der Waals surface area contributed by atoms with Crippen molar-refractivity contribution in [2.75, 3.05) is 6.16 Å². The Balaban J connectivity index is 3.47. The molecule has 1 unspecified atom stereocenters. The molecular formula is C20H31OPSi. The van der Waals surface area contributed by atoms with Crippen LogP contribution < -0.4 is 5.30 Å². The topological polar surface area (TPSA) is 17.1 Å². The quantitative estimate of drug-likeness (QED) is 0.266. The number of hydrogen-bond acceptors (Lipinski definition) is 1. The molecule has 0 aromatic heterocycles. The zero-order valence-electron chi connectivity index (χ0n) is 15.5. The van der Waals surface area contributed by atoms with Gasteiger partial charge in [-0.25, -0.2) is 0 Å². The zero-order valence-corrected chi connectivity index (χ0v) is 17.4. The summed E-state index contributed by atoms with van der Waals surface area (Å²) in [6, 6.07) is 9.69. The first-order chi connectivity index (χ1) is 10.7. The molecule has 0 N–H and O–H groups in total. The van der Waals surface area contributed by atoms with Crippen LogP contribution in [0, 0.1) is 11.2 Å². The first-order valence-electron chi connectivity index (χ1n) is 8.50.